The van der Waals surface area contributed by atoms with E-state index < -0.39 is 10.0 Å². The highest BCUT2D eigenvalue weighted by Crippen LogP contribution is 2.22. The normalized spacial score (nSPS) is 12.5. The van der Waals surface area contributed by atoms with E-state index in [2.05, 4.69) is 15.1 Å². The molecule has 19 heavy (non-hydrogen) atoms. The van der Waals surface area contributed by atoms with Crippen molar-refractivity contribution in [1.29, 1.82) is 0 Å². The second-order valence-electron chi connectivity index (χ2n) is 5.35. The molecule has 4 N–H and O–H groups in total. The zero-order chi connectivity index (χ0) is 14.7. The summed E-state index contributed by atoms with van der Waals surface area (Å²) in [5, 5.41) is 0.154. The number of hydrogen-bond donors (Lipinski definition) is 3. The van der Waals surface area contributed by atoms with Crippen molar-refractivity contribution < 1.29 is 8.42 Å². The smallest absolute Gasteiger partial charge is 0.242 e. The predicted molar refractivity (Wildman–Crippen MR) is 76.3 cm³/mol. The maximum atomic E-state index is 12.0. The predicted octanol–water partition coefficient (Wildman–Crippen LogP) is 1.74. The van der Waals surface area contributed by atoms with Gasteiger partial charge in [0, 0.05) is 12.7 Å². The number of nitrogens with two attached hydrogens (primary N) is 1. The van der Waals surface area contributed by atoms with Crippen LogP contribution in [-0.2, 0) is 10.0 Å². The molecule has 0 radical (unpaired) electrons. The molecule has 8 heteroatoms. The monoisotopic (exact) mass is 306 g/mol. The quantitative estimate of drug-likeness (QED) is 0.568. The van der Waals surface area contributed by atoms with E-state index in [4.69, 9.17) is 17.4 Å². The van der Waals surface area contributed by atoms with Gasteiger partial charge >= 0.3 is 0 Å². The largest absolute Gasteiger partial charge is 0.307 e. The van der Waals surface area contributed by atoms with Crippen LogP contribution < -0.4 is 16.0 Å². The second kappa shape index (κ2) is 6.04. The zero-order valence-corrected chi connectivity index (χ0v) is 12.8. The summed E-state index contributed by atoms with van der Waals surface area (Å²) in [4.78, 5) is 3.85. The van der Waals surface area contributed by atoms with E-state index in [1.54, 1.807) is 0 Å². The highest BCUT2D eigenvalue weighted by Gasteiger charge is 2.18. The lowest BCUT2D eigenvalue weighted by Crippen LogP contribution is -2.27. The summed E-state index contributed by atoms with van der Waals surface area (Å²) in [5.41, 5.74) is 2.34. The van der Waals surface area contributed by atoms with Gasteiger partial charge < -0.3 is 5.43 Å². The molecule has 1 aromatic heterocycles. The Kier molecular flexibility index (Phi) is 5.14. The number of halogens is 1. The van der Waals surface area contributed by atoms with Crippen LogP contribution in [0.2, 0.25) is 5.02 Å². The average molecular weight is 307 g/mol. The molecule has 0 fully saturated rings. The first-order valence-electron chi connectivity index (χ1n) is 5.77. The second-order valence-corrected chi connectivity index (χ2v) is 7.53. The lowest BCUT2D eigenvalue weighted by atomic mass is 9.93. The molecule has 0 aliphatic carbocycles. The van der Waals surface area contributed by atoms with E-state index in [0.29, 0.717) is 6.54 Å². The molecule has 6 nitrogen and oxygen atoms in total. The molecule has 1 heterocycles. The first kappa shape index (κ1) is 16.2. The van der Waals surface area contributed by atoms with E-state index in [1.165, 1.54) is 12.3 Å². The number of nitrogens with one attached hydrogen (secondary N) is 2. The first-order valence-corrected chi connectivity index (χ1v) is 7.64. The number of nitrogen functional groups attached to an aromatic ring is 1. The third-order valence-electron chi connectivity index (χ3n) is 2.43. The van der Waals surface area contributed by atoms with Crippen molar-refractivity contribution in [2.75, 3.05) is 12.0 Å². The van der Waals surface area contributed by atoms with Crippen LogP contribution >= 0.6 is 11.6 Å². The Balaban J connectivity index is 2.80. The summed E-state index contributed by atoms with van der Waals surface area (Å²) in [6.45, 7) is 6.49. The lowest BCUT2D eigenvalue weighted by molar-refractivity contribution is 0.378. The van der Waals surface area contributed by atoms with E-state index >= 15 is 0 Å². The number of anilines is 1. The van der Waals surface area contributed by atoms with E-state index in [0.717, 1.165) is 6.42 Å². The molecule has 0 amide bonds. The number of pyridine rings is 1. The van der Waals surface area contributed by atoms with Crippen molar-refractivity contribution in [2.24, 2.45) is 11.3 Å². The molecule has 0 bridgehead atoms. The van der Waals surface area contributed by atoms with Crippen molar-refractivity contribution in [3.8, 4) is 0 Å². The molecule has 0 spiro atoms. The van der Waals surface area contributed by atoms with Crippen LogP contribution in [0.1, 0.15) is 27.2 Å². The van der Waals surface area contributed by atoms with Gasteiger partial charge in [0.05, 0.1) is 5.02 Å². The van der Waals surface area contributed by atoms with Crippen LogP contribution in [-0.4, -0.2) is 19.9 Å². The summed E-state index contributed by atoms with van der Waals surface area (Å²) in [6.07, 6.45) is 1.94. The molecule has 108 valence electrons. The average Bonchev–Trinajstić information content (AvgIpc) is 2.26. The Bertz CT molecular complexity index is 540. The molecule has 1 aromatic rings. The first-order chi connectivity index (χ1) is 8.65. The number of rotatable bonds is 5. The van der Waals surface area contributed by atoms with Crippen molar-refractivity contribution in [3.63, 3.8) is 0 Å². The Hall–Kier alpha value is -0.890. The van der Waals surface area contributed by atoms with E-state index in [-0.39, 0.29) is 21.2 Å². The van der Waals surface area contributed by atoms with Crippen molar-refractivity contribution >= 4 is 27.4 Å². The number of aromatic nitrogens is 1. The maximum absolute atomic E-state index is 12.0. The molecule has 1 rings (SSSR count). The zero-order valence-electron chi connectivity index (χ0n) is 11.2. The van der Waals surface area contributed by atoms with Gasteiger partial charge in [0.2, 0.25) is 10.0 Å². The van der Waals surface area contributed by atoms with Crippen LogP contribution in [0.4, 0.5) is 5.82 Å². The third kappa shape index (κ3) is 4.94. The Morgan fingerprint density at radius 3 is 2.53 bits per heavy atom. The Labute approximate surface area is 118 Å². The molecule has 0 aromatic carbocycles. The fourth-order valence-corrected chi connectivity index (χ4v) is 2.60. The van der Waals surface area contributed by atoms with Gasteiger partial charge in [0.15, 0.2) is 5.82 Å². The Morgan fingerprint density at radius 1 is 1.42 bits per heavy atom. The molecular formula is C11H19ClN4O2S. The fourth-order valence-electron chi connectivity index (χ4n) is 1.32. The van der Waals surface area contributed by atoms with E-state index in [9.17, 15) is 8.42 Å². The minimum atomic E-state index is -3.60. The van der Waals surface area contributed by atoms with Gasteiger partial charge in [-0.2, -0.15) is 0 Å². The molecular weight excluding hydrogens is 288 g/mol. The van der Waals surface area contributed by atoms with Crippen molar-refractivity contribution in [3.05, 3.63) is 17.3 Å². The van der Waals surface area contributed by atoms with Crippen LogP contribution in [0.3, 0.4) is 0 Å². The third-order valence-corrected chi connectivity index (χ3v) is 4.15. The summed E-state index contributed by atoms with van der Waals surface area (Å²) in [6, 6.07) is 1.31. The number of hydrazine groups is 1. The molecule has 0 saturated carbocycles. The van der Waals surface area contributed by atoms with Gasteiger partial charge in [-0.15, -0.1) is 0 Å². The van der Waals surface area contributed by atoms with Crippen LogP contribution in [0.25, 0.3) is 0 Å². The summed E-state index contributed by atoms with van der Waals surface area (Å²) in [7, 11) is -3.60. The molecule has 0 aliphatic rings. The van der Waals surface area contributed by atoms with Gasteiger partial charge in [0.25, 0.3) is 0 Å². The fraction of sp³-hybridized carbons (Fsp3) is 0.545. The Morgan fingerprint density at radius 2 is 2.05 bits per heavy atom. The number of sulfonamides is 1. The highest BCUT2D eigenvalue weighted by atomic mass is 35.5. The highest BCUT2D eigenvalue weighted by molar-refractivity contribution is 7.89. The van der Waals surface area contributed by atoms with Crippen LogP contribution in [0.15, 0.2) is 17.2 Å². The van der Waals surface area contributed by atoms with Gasteiger partial charge in [-0.05, 0) is 17.9 Å². The van der Waals surface area contributed by atoms with Crippen LogP contribution in [0, 0.1) is 5.41 Å². The molecule has 0 aliphatic heterocycles. The SMILES string of the molecule is CC(C)(C)CCNS(=O)(=O)c1cnc(NN)c(Cl)c1. The van der Waals surface area contributed by atoms with Gasteiger partial charge in [0.1, 0.15) is 4.90 Å². The summed E-state index contributed by atoms with van der Waals surface area (Å²) < 4.78 is 26.5. The molecule has 0 unspecified atom stereocenters. The van der Waals surface area contributed by atoms with Gasteiger partial charge in [-0.25, -0.2) is 24.0 Å². The topological polar surface area (TPSA) is 97.1 Å². The minimum absolute atomic E-state index is 0.0189. The molecule has 0 saturated heterocycles. The van der Waals surface area contributed by atoms with E-state index in [1.807, 2.05) is 20.8 Å². The van der Waals surface area contributed by atoms with Crippen molar-refractivity contribution in [1.82, 2.24) is 9.71 Å². The standard InChI is InChI=1S/C11H19ClN4O2S/c1-11(2,3)4-5-15-19(17,18)8-6-9(12)10(16-13)14-7-8/h6-7,15H,4-5,13H2,1-3H3,(H,14,16). The summed E-state index contributed by atoms with van der Waals surface area (Å²) in [5.74, 6) is 5.41. The van der Waals surface area contributed by atoms with Gasteiger partial charge in [-0.3, -0.25) is 0 Å². The van der Waals surface area contributed by atoms with Gasteiger partial charge in [-0.1, -0.05) is 32.4 Å². The molecule has 0 atom stereocenters. The summed E-state index contributed by atoms with van der Waals surface area (Å²) >= 11 is 5.84. The van der Waals surface area contributed by atoms with Crippen LogP contribution in [0.5, 0.6) is 0 Å². The minimum Gasteiger partial charge on any atom is -0.307 e. The number of hydrogen-bond acceptors (Lipinski definition) is 5. The van der Waals surface area contributed by atoms with Crippen molar-refractivity contribution in [2.45, 2.75) is 32.1 Å². The number of nitrogens with zero attached hydrogens (tertiary/aromatic N) is 1. The maximum Gasteiger partial charge on any atom is 0.242 e. The lowest BCUT2D eigenvalue weighted by Gasteiger charge is -2.18.